The Labute approximate surface area is 173 Å². The average Bonchev–Trinajstić information content (AvgIpc) is 3.40. The van der Waals surface area contributed by atoms with Gasteiger partial charge in [0.2, 0.25) is 6.79 Å². The topological polar surface area (TPSA) is 69.5 Å². The summed E-state index contributed by atoms with van der Waals surface area (Å²) in [6.07, 6.45) is 0. The van der Waals surface area contributed by atoms with Crippen LogP contribution in [-0.2, 0) is 13.1 Å². The van der Waals surface area contributed by atoms with Crippen molar-refractivity contribution in [2.24, 2.45) is 0 Å². The van der Waals surface area contributed by atoms with E-state index in [-0.39, 0.29) is 12.7 Å². The lowest BCUT2D eigenvalue weighted by Crippen LogP contribution is -2.26. The molecule has 4 aromatic rings. The Morgan fingerprint density at radius 3 is 2.63 bits per heavy atom. The van der Waals surface area contributed by atoms with Crippen LogP contribution in [0.25, 0.3) is 11.0 Å². The summed E-state index contributed by atoms with van der Waals surface area (Å²) in [7, 11) is 1.79. The van der Waals surface area contributed by atoms with Crippen molar-refractivity contribution in [3.8, 4) is 11.5 Å². The van der Waals surface area contributed by atoms with Gasteiger partial charge in [-0.05, 0) is 47.5 Å². The predicted octanol–water partition coefficient (Wildman–Crippen LogP) is 3.48. The van der Waals surface area contributed by atoms with Crippen molar-refractivity contribution in [1.29, 1.82) is 0 Å². The van der Waals surface area contributed by atoms with Gasteiger partial charge < -0.3 is 14.4 Å². The first kappa shape index (κ1) is 18.2. The van der Waals surface area contributed by atoms with Crippen LogP contribution in [0, 0.1) is 0 Å². The molecule has 1 aliphatic rings. The Hall–Kier alpha value is -3.87. The van der Waals surface area contributed by atoms with Gasteiger partial charge in [-0.3, -0.25) is 4.79 Å². The van der Waals surface area contributed by atoms with E-state index in [1.165, 1.54) is 0 Å². The number of carbonyl (C=O) groups excluding carboxylic acids is 1. The molecule has 0 saturated carbocycles. The van der Waals surface area contributed by atoms with Crippen LogP contribution in [0.2, 0.25) is 0 Å². The molecule has 30 heavy (non-hydrogen) atoms. The lowest BCUT2D eigenvalue weighted by Gasteiger charge is -2.18. The summed E-state index contributed by atoms with van der Waals surface area (Å²) in [6.45, 7) is 1.33. The van der Waals surface area contributed by atoms with Crippen molar-refractivity contribution in [2.75, 3.05) is 13.8 Å². The molecule has 3 aromatic carbocycles. The number of hydrogen-bond donors (Lipinski definition) is 0. The molecule has 0 aliphatic carbocycles. The number of para-hydroxylation sites is 1. The molecule has 0 spiro atoms. The van der Waals surface area contributed by atoms with Crippen molar-refractivity contribution < 1.29 is 14.3 Å². The Balaban J connectivity index is 1.27. The summed E-state index contributed by atoms with van der Waals surface area (Å²) in [5.41, 5.74) is 4.55. The number of nitrogens with zero attached hydrogens (tertiary/aromatic N) is 4. The van der Waals surface area contributed by atoms with E-state index >= 15 is 0 Å². The third kappa shape index (κ3) is 3.45. The molecule has 1 aromatic heterocycles. The highest BCUT2D eigenvalue weighted by molar-refractivity contribution is 5.94. The molecule has 1 aliphatic heterocycles. The van der Waals surface area contributed by atoms with Crippen LogP contribution in [0.5, 0.6) is 11.5 Å². The van der Waals surface area contributed by atoms with Gasteiger partial charge in [-0.2, -0.15) is 0 Å². The maximum Gasteiger partial charge on any atom is 0.253 e. The molecule has 2 heterocycles. The van der Waals surface area contributed by atoms with Gasteiger partial charge in [-0.1, -0.05) is 35.5 Å². The zero-order valence-electron chi connectivity index (χ0n) is 16.5. The highest BCUT2D eigenvalue weighted by Crippen LogP contribution is 2.32. The van der Waals surface area contributed by atoms with E-state index in [2.05, 4.69) is 10.3 Å². The van der Waals surface area contributed by atoms with Gasteiger partial charge in [0, 0.05) is 19.2 Å². The molecule has 1 amide bonds. The molecular formula is C23H20N4O3. The first-order valence-electron chi connectivity index (χ1n) is 9.68. The van der Waals surface area contributed by atoms with Crippen molar-refractivity contribution in [3.05, 3.63) is 83.4 Å². The molecule has 7 heteroatoms. The third-order valence-corrected chi connectivity index (χ3v) is 5.16. The minimum atomic E-state index is -0.0366. The second-order valence-corrected chi connectivity index (χ2v) is 7.28. The maximum atomic E-state index is 12.8. The number of hydrogen-bond acceptors (Lipinski definition) is 5. The van der Waals surface area contributed by atoms with E-state index in [0.717, 1.165) is 33.7 Å². The molecule has 0 unspecified atom stereocenters. The van der Waals surface area contributed by atoms with Gasteiger partial charge in [-0.25, -0.2) is 4.68 Å². The highest BCUT2D eigenvalue weighted by Gasteiger charge is 2.16. The van der Waals surface area contributed by atoms with Crippen LogP contribution in [0.4, 0.5) is 0 Å². The van der Waals surface area contributed by atoms with Gasteiger partial charge in [0.15, 0.2) is 11.5 Å². The van der Waals surface area contributed by atoms with Crippen LogP contribution in [-0.4, -0.2) is 39.6 Å². The largest absolute Gasteiger partial charge is 0.454 e. The van der Waals surface area contributed by atoms with E-state index < -0.39 is 0 Å². The third-order valence-electron chi connectivity index (χ3n) is 5.16. The van der Waals surface area contributed by atoms with Gasteiger partial charge >= 0.3 is 0 Å². The average molecular weight is 400 g/mol. The Morgan fingerprint density at radius 1 is 1.00 bits per heavy atom. The summed E-state index contributed by atoms with van der Waals surface area (Å²) in [5.74, 6) is 1.42. The van der Waals surface area contributed by atoms with Crippen molar-refractivity contribution in [3.63, 3.8) is 0 Å². The predicted molar refractivity (Wildman–Crippen MR) is 111 cm³/mol. The van der Waals surface area contributed by atoms with Crippen LogP contribution in [0.3, 0.4) is 0 Å². The zero-order valence-corrected chi connectivity index (χ0v) is 16.5. The summed E-state index contributed by atoms with van der Waals surface area (Å²) >= 11 is 0. The zero-order chi connectivity index (χ0) is 20.5. The second kappa shape index (κ2) is 7.51. The Bertz CT molecular complexity index is 1220. The van der Waals surface area contributed by atoms with Gasteiger partial charge in [-0.15, -0.1) is 5.10 Å². The summed E-state index contributed by atoms with van der Waals surface area (Å²) < 4.78 is 12.6. The number of rotatable bonds is 5. The number of ether oxygens (including phenoxy) is 2. The fraction of sp³-hybridized carbons (Fsp3) is 0.174. The number of benzene rings is 3. The van der Waals surface area contributed by atoms with E-state index in [9.17, 15) is 4.79 Å². The van der Waals surface area contributed by atoms with Gasteiger partial charge in [0.05, 0.1) is 12.1 Å². The molecule has 150 valence electrons. The van der Waals surface area contributed by atoms with Crippen LogP contribution < -0.4 is 9.47 Å². The quantitative estimate of drug-likeness (QED) is 0.513. The SMILES string of the molecule is CN(Cc1ccc2c(c1)OCO2)C(=O)c1ccc(Cn2nnc3ccccc32)cc1. The first-order chi connectivity index (χ1) is 14.7. The summed E-state index contributed by atoms with van der Waals surface area (Å²) in [5, 5.41) is 8.40. The van der Waals surface area contributed by atoms with E-state index in [0.29, 0.717) is 18.7 Å². The van der Waals surface area contributed by atoms with Crippen LogP contribution in [0.15, 0.2) is 66.7 Å². The van der Waals surface area contributed by atoms with Crippen LogP contribution >= 0.6 is 0 Å². The molecular weight excluding hydrogens is 380 g/mol. The Kier molecular flexibility index (Phi) is 4.55. The summed E-state index contributed by atoms with van der Waals surface area (Å²) in [4.78, 5) is 14.5. The fourth-order valence-electron chi connectivity index (χ4n) is 3.57. The molecule has 7 nitrogen and oxygen atoms in total. The maximum absolute atomic E-state index is 12.8. The van der Waals surface area contributed by atoms with Gasteiger partial charge in [0.1, 0.15) is 5.52 Å². The molecule has 5 rings (SSSR count). The Morgan fingerprint density at radius 2 is 1.77 bits per heavy atom. The molecule has 0 atom stereocenters. The minimum Gasteiger partial charge on any atom is -0.454 e. The number of amides is 1. The lowest BCUT2D eigenvalue weighted by molar-refractivity contribution is 0.0785. The molecule has 0 radical (unpaired) electrons. The van der Waals surface area contributed by atoms with Crippen molar-refractivity contribution in [1.82, 2.24) is 19.9 Å². The number of carbonyl (C=O) groups is 1. The van der Waals surface area contributed by atoms with Crippen molar-refractivity contribution >= 4 is 16.9 Å². The molecule has 0 fully saturated rings. The normalized spacial score (nSPS) is 12.3. The highest BCUT2D eigenvalue weighted by atomic mass is 16.7. The lowest BCUT2D eigenvalue weighted by atomic mass is 10.1. The standard InChI is InChI=1S/C23H20N4O3/c1-26(13-17-8-11-21-22(12-17)30-15-29-21)23(28)18-9-6-16(7-10-18)14-27-20-5-3-2-4-19(20)24-25-27/h2-12H,13-15H2,1H3. The second-order valence-electron chi connectivity index (χ2n) is 7.28. The first-order valence-corrected chi connectivity index (χ1v) is 9.68. The van der Waals surface area contributed by atoms with Gasteiger partial charge in [0.25, 0.3) is 5.91 Å². The molecule has 0 saturated heterocycles. The monoisotopic (exact) mass is 400 g/mol. The minimum absolute atomic E-state index is 0.0366. The molecule has 0 N–H and O–H groups in total. The van der Waals surface area contributed by atoms with Crippen LogP contribution in [0.1, 0.15) is 21.5 Å². The fourth-order valence-corrected chi connectivity index (χ4v) is 3.57. The summed E-state index contributed by atoms with van der Waals surface area (Å²) in [6, 6.07) is 21.2. The van der Waals surface area contributed by atoms with E-state index in [1.807, 2.05) is 71.4 Å². The van der Waals surface area contributed by atoms with E-state index in [1.54, 1.807) is 11.9 Å². The number of fused-ring (bicyclic) bond motifs is 2. The van der Waals surface area contributed by atoms with E-state index in [4.69, 9.17) is 9.47 Å². The smallest absolute Gasteiger partial charge is 0.253 e. The molecule has 0 bridgehead atoms. The number of aromatic nitrogens is 3. The van der Waals surface area contributed by atoms with Crippen molar-refractivity contribution in [2.45, 2.75) is 13.1 Å².